The zero-order chi connectivity index (χ0) is 15.5. The van der Waals surface area contributed by atoms with Crippen LogP contribution in [0.4, 0.5) is 8.78 Å². The van der Waals surface area contributed by atoms with Gasteiger partial charge in [0.1, 0.15) is 11.6 Å². The largest absolute Gasteiger partial charge is 0.314 e. The van der Waals surface area contributed by atoms with Gasteiger partial charge >= 0.3 is 0 Å². The van der Waals surface area contributed by atoms with Crippen LogP contribution in [0.25, 0.3) is 0 Å². The number of nitrogens with one attached hydrogen (secondary N) is 1. The number of hydrogen-bond acceptors (Lipinski definition) is 2. The summed E-state index contributed by atoms with van der Waals surface area (Å²) in [7, 11) is 0. The Balaban J connectivity index is 0.00000144. The van der Waals surface area contributed by atoms with E-state index in [1.807, 2.05) is 0 Å². The van der Waals surface area contributed by atoms with Crippen molar-refractivity contribution in [2.75, 3.05) is 26.2 Å². The van der Waals surface area contributed by atoms with E-state index in [2.05, 4.69) is 10.2 Å². The molecule has 24 heavy (non-hydrogen) atoms. The SMILES string of the molecule is Cl.Cl.Fc1ccc(Cl)c(F)c1[C@H](C1CCCCC1)N1CCNCC1. The zero-order valence-electron chi connectivity index (χ0n) is 13.6. The van der Waals surface area contributed by atoms with Crippen molar-refractivity contribution >= 4 is 36.4 Å². The summed E-state index contributed by atoms with van der Waals surface area (Å²) >= 11 is 5.94. The van der Waals surface area contributed by atoms with Crippen LogP contribution >= 0.6 is 36.4 Å². The van der Waals surface area contributed by atoms with E-state index < -0.39 is 11.6 Å². The quantitative estimate of drug-likeness (QED) is 0.718. The monoisotopic (exact) mass is 400 g/mol. The average molecular weight is 402 g/mol. The van der Waals surface area contributed by atoms with E-state index in [4.69, 9.17) is 11.6 Å². The molecular formula is C17H25Cl3F2N2. The minimum atomic E-state index is -0.573. The van der Waals surface area contributed by atoms with Crippen LogP contribution in [0.15, 0.2) is 12.1 Å². The summed E-state index contributed by atoms with van der Waals surface area (Å²) < 4.78 is 29.1. The number of benzene rings is 1. The molecule has 1 saturated carbocycles. The summed E-state index contributed by atoms with van der Waals surface area (Å²) in [5.41, 5.74) is 0.182. The number of hydrogen-bond donors (Lipinski definition) is 1. The Bertz CT molecular complexity index is 501. The van der Waals surface area contributed by atoms with Gasteiger partial charge in [-0.3, -0.25) is 4.90 Å². The third kappa shape index (κ3) is 4.73. The van der Waals surface area contributed by atoms with Crippen LogP contribution < -0.4 is 5.32 Å². The van der Waals surface area contributed by atoms with E-state index >= 15 is 0 Å². The molecule has 0 bridgehead atoms. The molecule has 0 amide bonds. The van der Waals surface area contributed by atoms with Crippen LogP contribution in [0.3, 0.4) is 0 Å². The van der Waals surface area contributed by atoms with Gasteiger partial charge in [0, 0.05) is 37.8 Å². The first kappa shape index (κ1) is 21.9. The Labute approximate surface area is 160 Å². The summed E-state index contributed by atoms with van der Waals surface area (Å²) in [5.74, 6) is -0.721. The van der Waals surface area contributed by atoms with Crippen molar-refractivity contribution in [3.05, 3.63) is 34.4 Å². The van der Waals surface area contributed by atoms with E-state index in [1.165, 1.54) is 18.6 Å². The van der Waals surface area contributed by atoms with Gasteiger partial charge in [-0.15, -0.1) is 24.8 Å². The van der Waals surface area contributed by atoms with Crippen LogP contribution in [0.1, 0.15) is 43.7 Å². The molecule has 0 unspecified atom stereocenters. The van der Waals surface area contributed by atoms with Crippen LogP contribution in [-0.4, -0.2) is 31.1 Å². The normalized spacial score (nSPS) is 20.8. The molecule has 1 aromatic carbocycles. The molecule has 2 aliphatic rings. The van der Waals surface area contributed by atoms with Crippen molar-refractivity contribution in [3.8, 4) is 0 Å². The second-order valence-electron chi connectivity index (χ2n) is 6.39. The van der Waals surface area contributed by atoms with Gasteiger partial charge in [0.2, 0.25) is 0 Å². The highest BCUT2D eigenvalue weighted by Crippen LogP contribution is 2.41. The van der Waals surface area contributed by atoms with E-state index in [9.17, 15) is 8.78 Å². The first-order valence-corrected chi connectivity index (χ1v) is 8.64. The molecule has 3 rings (SSSR count). The molecular weight excluding hydrogens is 377 g/mol. The zero-order valence-corrected chi connectivity index (χ0v) is 16.0. The van der Waals surface area contributed by atoms with Gasteiger partial charge in [-0.05, 0) is 30.9 Å². The maximum Gasteiger partial charge on any atom is 0.149 e. The van der Waals surface area contributed by atoms with Gasteiger partial charge in [0.05, 0.1) is 5.02 Å². The van der Waals surface area contributed by atoms with Crippen molar-refractivity contribution in [1.29, 1.82) is 0 Å². The highest BCUT2D eigenvalue weighted by molar-refractivity contribution is 6.30. The maximum absolute atomic E-state index is 14.6. The standard InChI is InChI=1S/C17H23ClF2N2.2ClH/c18-13-6-7-14(19)15(16(13)20)17(12-4-2-1-3-5-12)22-10-8-21-9-11-22;;/h6-7,12,17,21H,1-5,8-11H2;2*1H/t17-;;/m0../s1. The topological polar surface area (TPSA) is 15.3 Å². The van der Waals surface area contributed by atoms with Gasteiger partial charge in [-0.25, -0.2) is 8.78 Å². The molecule has 2 fully saturated rings. The summed E-state index contributed by atoms with van der Waals surface area (Å²) in [6, 6.07) is 2.42. The Morgan fingerprint density at radius 2 is 1.67 bits per heavy atom. The number of rotatable bonds is 3. The molecule has 2 nitrogen and oxygen atoms in total. The maximum atomic E-state index is 14.6. The van der Waals surface area contributed by atoms with E-state index in [1.54, 1.807) is 0 Å². The molecule has 0 spiro atoms. The van der Waals surface area contributed by atoms with Crippen molar-refractivity contribution in [2.45, 2.75) is 38.1 Å². The fraction of sp³-hybridized carbons (Fsp3) is 0.647. The predicted molar refractivity (Wildman–Crippen MR) is 99.6 cm³/mol. The van der Waals surface area contributed by atoms with Crippen LogP contribution in [0.2, 0.25) is 5.02 Å². The number of nitrogens with zero attached hydrogens (tertiary/aromatic N) is 1. The molecule has 0 radical (unpaired) electrons. The van der Waals surface area contributed by atoms with Gasteiger partial charge in [0.15, 0.2) is 0 Å². The molecule has 0 aromatic heterocycles. The van der Waals surface area contributed by atoms with E-state index in [0.717, 1.165) is 51.9 Å². The smallest absolute Gasteiger partial charge is 0.149 e. The predicted octanol–water partition coefficient (Wildman–Crippen LogP) is 4.99. The van der Waals surface area contributed by atoms with Gasteiger partial charge in [-0.2, -0.15) is 0 Å². The van der Waals surface area contributed by atoms with Crippen LogP contribution in [0.5, 0.6) is 0 Å². The minimum absolute atomic E-state index is 0. The lowest BCUT2D eigenvalue weighted by Crippen LogP contribution is -2.47. The lowest BCUT2D eigenvalue weighted by molar-refractivity contribution is 0.0976. The van der Waals surface area contributed by atoms with Gasteiger partial charge < -0.3 is 5.32 Å². The molecule has 1 aliphatic heterocycles. The van der Waals surface area contributed by atoms with Gasteiger partial charge in [-0.1, -0.05) is 30.9 Å². The summed E-state index contributed by atoms with van der Waals surface area (Å²) in [5, 5.41) is 3.33. The molecule has 7 heteroatoms. The summed E-state index contributed by atoms with van der Waals surface area (Å²) in [6.07, 6.45) is 5.61. The third-order valence-corrected chi connectivity index (χ3v) is 5.31. The minimum Gasteiger partial charge on any atom is -0.314 e. The summed E-state index contributed by atoms with van der Waals surface area (Å²) in [6.45, 7) is 3.39. The number of piperazine rings is 1. The van der Waals surface area contributed by atoms with Crippen molar-refractivity contribution in [2.24, 2.45) is 5.92 Å². The van der Waals surface area contributed by atoms with Crippen molar-refractivity contribution in [3.63, 3.8) is 0 Å². The lowest BCUT2D eigenvalue weighted by atomic mass is 9.79. The van der Waals surface area contributed by atoms with Crippen molar-refractivity contribution in [1.82, 2.24) is 10.2 Å². The van der Waals surface area contributed by atoms with E-state index in [0.29, 0.717) is 5.92 Å². The molecule has 1 aliphatic carbocycles. The molecule has 1 heterocycles. The van der Waals surface area contributed by atoms with Crippen LogP contribution in [-0.2, 0) is 0 Å². The van der Waals surface area contributed by atoms with Gasteiger partial charge in [0.25, 0.3) is 0 Å². The Morgan fingerprint density at radius 3 is 2.29 bits per heavy atom. The first-order valence-electron chi connectivity index (χ1n) is 8.26. The molecule has 138 valence electrons. The molecule has 1 atom stereocenters. The Kier molecular flexibility index (Phi) is 9.24. The van der Waals surface area contributed by atoms with E-state index in [-0.39, 0.29) is 41.4 Å². The highest BCUT2D eigenvalue weighted by Gasteiger charge is 2.35. The third-order valence-electron chi connectivity index (χ3n) is 5.02. The summed E-state index contributed by atoms with van der Waals surface area (Å²) in [4.78, 5) is 2.24. The Morgan fingerprint density at radius 1 is 1.04 bits per heavy atom. The lowest BCUT2D eigenvalue weighted by Gasteiger charge is -2.41. The fourth-order valence-electron chi connectivity index (χ4n) is 3.94. The van der Waals surface area contributed by atoms with Crippen LogP contribution in [0, 0.1) is 17.6 Å². The fourth-order valence-corrected chi connectivity index (χ4v) is 4.11. The molecule has 1 N–H and O–H groups in total. The van der Waals surface area contributed by atoms with Crippen molar-refractivity contribution < 1.29 is 8.78 Å². The second-order valence-corrected chi connectivity index (χ2v) is 6.79. The molecule has 1 saturated heterocycles. The highest BCUT2D eigenvalue weighted by atomic mass is 35.5. The second kappa shape index (κ2) is 10.1. The first-order chi connectivity index (χ1) is 10.7. The molecule has 1 aromatic rings. The average Bonchev–Trinajstić information content (AvgIpc) is 2.57. The number of halogens is 5. The Hall–Kier alpha value is -0.130.